The number of carbonyl (C=O) groups is 2. The van der Waals surface area contributed by atoms with Crippen LogP contribution in [0.4, 0.5) is 10.1 Å². The van der Waals surface area contributed by atoms with Crippen LogP contribution in [0, 0.1) is 12.7 Å². The normalized spacial score (nSPS) is 11.9. The number of halogens is 1. The van der Waals surface area contributed by atoms with Crippen LogP contribution in [0.1, 0.15) is 31.4 Å². The van der Waals surface area contributed by atoms with Crippen LogP contribution in [-0.4, -0.2) is 58.5 Å². The molecule has 3 aromatic carbocycles. The first-order valence-electron chi connectivity index (χ1n) is 13.2. The van der Waals surface area contributed by atoms with E-state index < -0.39 is 34.3 Å². The Hall–Kier alpha value is -4.12. The van der Waals surface area contributed by atoms with Crippen molar-refractivity contribution in [1.29, 1.82) is 0 Å². The number of rotatable bonds is 13. The summed E-state index contributed by atoms with van der Waals surface area (Å²) in [7, 11) is -1.56. The minimum absolute atomic E-state index is 0.0797. The van der Waals surface area contributed by atoms with E-state index in [0.29, 0.717) is 18.7 Å². The van der Waals surface area contributed by atoms with Crippen LogP contribution in [-0.2, 0) is 26.2 Å². The molecule has 0 saturated carbocycles. The zero-order valence-electron chi connectivity index (χ0n) is 23.9. The molecule has 9 nitrogen and oxygen atoms in total. The lowest BCUT2D eigenvalue weighted by Gasteiger charge is -2.33. The molecule has 0 spiro atoms. The number of benzene rings is 3. The molecular formula is C30H36FN3O6S. The summed E-state index contributed by atoms with van der Waals surface area (Å²) >= 11 is 0. The Morgan fingerprint density at radius 1 is 0.951 bits per heavy atom. The summed E-state index contributed by atoms with van der Waals surface area (Å²) in [6.45, 7) is 5.31. The van der Waals surface area contributed by atoms with E-state index in [1.54, 1.807) is 13.8 Å². The minimum Gasteiger partial charge on any atom is -0.493 e. The molecule has 0 aliphatic carbocycles. The van der Waals surface area contributed by atoms with Gasteiger partial charge in [-0.3, -0.25) is 13.9 Å². The molecule has 0 aromatic heterocycles. The number of nitrogens with one attached hydrogen (secondary N) is 1. The summed E-state index contributed by atoms with van der Waals surface area (Å²) < 4.78 is 53.3. The van der Waals surface area contributed by atoms with Gasteiger partial charge in [-0.05, 0) is 62.2 Å². The predicted molar refractivity (Wildman–Crippen MR) is 155 cm³/mol. The average molecular weight is 586 g/mol. The molecular weight excluding hydrogens is 549 g/mol. The maximum atomic E-state index is 14.0. The Balaban J connectivity index is 2.09. The third kappa shape index (κ3) is 7.55. The van der Waals surface area contributed by atoms with Gasteiger partial charge in [0.05, 0.1) is 24.8 Å². The quantitative estimate of drug-likeness (QED) is 0.321. The molecule has 3 aromatic rings. The van der Waals surface area contributed by atoms with Crippen molar-refractivity contribution >= 4 is 27.5 Å². The zero-order valence-corrected chi connectivity index (χ0v) is 24.7. The molecule has 2 amide bonds. The van der Waals surface area contributed by atoms with Crippen LogP contribution in [0.2, 0.25) is 0 Å². The summed E-state index contributed by atoms with van der Waals surface area (Å²) in [5.41, 5.74) is 1.85. The number of aryl methyl sites for hydroxylation is 1. The number of likely N-dealkylation sites (N-methyl/N-ethyl adjacent to an activating group) is 1. The second-order valence-corrected chi connectivity index (χ2v) is 11.2. The van der Waals surface area contributed by atoms with Crippen LogP contribution in [0.3, 0.4) is 0 Å². The number of hydrogen-bond donors (Lipinski definition) is 1. The summed E-state index contributed by atoms with van der Waals surface area (Å²) in [4.78, 5) is 28.3. The molecule has 0 aliphatic rings. The Labute approximate surface area is 240 Å². The molecule has 0 unspecified atom stereocenters. The van der Waals surface area contributed by atoms with Gasteiger partial charge >= 0.3 is 0 Å². The van der Waals surface area contributed by atoms with Crippen LogP contribution < -0.4 is 19.1 Å². The monoisotopic (exact) mass is 585 g/mol. The van der Waals surface area contributed by atoms with E-state index in [1.165, 1.54) is 49.5 Å². The fourth-order valence-electron chi connectivity index (χ4n) is 4.46. The van der Waals surface area contributed by atoms with Crippen molar-refractivity contribution in [1.82, 2.24) is 10.2 Å². The molecule has 1 N–H and O–H groups in total. The molecule has 0 radical (unpaired) electrons. The third-order valence-electron chi connectivity index (χ3n) is 6.51. The van der Waals surface area contributed by atoms with Crippen LogP contribution in [0.15, 0.2) is 71.6 Å². The first-order chi connectivity index (χ1) is 19.5. The van der Waals surface area contributed by atoms with E-state index in [-0.39, 0.29) is 28.8 Å². The van der Waals surface area contributed by atoms with Gasteiger partial charge in [0.25, 0.3) is 10.0 Å². The minimum atomic E-state index is -4.37. The van der Waals surface area contributed by atoms with Crippen LogP contribution >= 0.6 is 0 Å². The van der Waals surface area contributed by atoms with E-state index in [1.807, 2.05) is 31.2 Å². The molecule has 220 valence electrons. The van der Waals surface area contributed by atoms with Gasteiger partial charge in [-0.25, -0.2) is 12.8 Å². The highest BCUT2D eigenvalue weighted by molar-refractivity contribution is 7.92. The lowest BCUT2D eigenvalue weighted by atomic mass is 10.1. The van der Waals surface area contributed by atoms with Crippen LogP contribution in [0.5, 0.6) is 11.5 Å². The molecule has 0 heterocycles. The summed E-state index contributed by atoms with van der Waals surface area (Å²) in [6.07, 6.45) is 0.308. The zero-order chi connectivity index (χ0) is 30.2. The van der Waals surface area contributed by atoms with Gasteiger partial charge in [0, 0.05) is 19.2 Å². The van der Waals surface area contributed by atoms with Gasteiger partial charge in [0.1, 0.15) is 18.4 Å². The summed E-state index contributed by atoms with van der Waals surface area (Å²) in [5.74, 6) is -0.993. The Morgan fingerprint density at radius 3 is 2.22 bits per heavy atom. The first kappa shape index (κ1) is 31.4. The number of methoxy groups -OCH3 is 2. The molecule has 1 atom stereocenters. The van der Waals surface area contributed by atoms with Crippen LogP contribution in [0.25, 0.3) is 0 Å². The van der Waals surface area contributed by atoms with E-state index in [2.05, 4.69) is 5.32 Å². The van der Waals surface area contributed by atoms with Gasteiger partial charge < -0.3 is 19.7 Å². The van der Waals surface area contributed by atoms with Crippen molar-refractivity contribution in [2.24, 2.45) is 0 Å². The summed E-state index contributed by atoms with van der Waals surface area (Å²) in [5, 5.41) is 2.77. The molecule has 0 fully saturated rings. The summed E-state index contributed by atoms with van der Waals surface area (Å²) in [6, 6.07) is 15.6. The lowest BCUT2D eigenvalue weighted by Crippen LogP contribution is -2.52. The largest absolute Gasteiger partial charge is 0.493 e. The second kappa shape index (κ2) is 14.0. The number of carbonyl (C=O) groups excluding carboxylic acids is 2. The topological polar surface area (TPSA) is 105 Å². The lowest BCUT2D eigenvalue weighted by molar-refractivity contribution is -0.140. The molecule has 3 rings (SSSR count). The SMILES string of the molecule is CCNC(=O)[C@H](CC)N(Cc1cccc(C)c1)C(=O)CN(c1ccc(F)cc1)S(=O)(=O)c1ccc(OC)c(OC)c1. The van der Waals surface area contributed by atoms with Gasteiger partial charge in [0.15, 0.2) is 11.5 Å². The maximum absolute atomic E-state index is 14.0. The van der Waals surface area contributed by atoms with Crippen molar-refractivity contribution < 1.29 is 31.9 Å². The fraction of sp³-hybridized carbons (Fsp3) is 0.333. The second-order valence-electron chi connectivity index (χ2n) is 9.33. The smallest absolute Gasteiger partial charge is 0.264 e. The van der Waals surface area contributed by atoms with Crippen molar-refractivity contribution in [2.75, 3.05) is 31.6 Å². The molecule has 0 bridgehead atoms. The number of hydrogen-bond acceptors (Lipinski definition) is 6. The van der Waals surface area contributed by atoms with Crippen molar-refractivity contribution in [3.05, 3.63) is 83.7 Å². The number of ether oxygens (including phenoxy) is 2. The van der Waals surface area contributed by atoms with Gasteiger partial charge in [-0.2, -0.15) is 0 Å². The van der Waals surface area contributed by atoms with Crippen molar-refractivity contribution in [3.8, 4) is 11.5 Å². The standard InChI is InChI=1S/C30H36FN3O6S/c1-6-26(30(36)32-7-2)33(19-22-10-8-9-21(3)17-22)29(35)20-34(24-13-11-23(31)12-14-24)41(37,38)25-15-16-27(39-4)28(18-25)40-5/h8-18,26H,6-7,19-20H2,1-5H3,(H,32,36)/t26-/m0/s1. The van der Waals surface area contributed by atoms with E-state index >= 15 is 0 Å². The molecule has 11 heteroatoms. The van der Waals surface area contributed by atoms with E-state index in [9.17, 15) is 22.4 Å². The number of nitrogens with zero attached hydrogens (tertiary/aromatic N) is 2. The Morgan fingerprint density at radius 2 is 1.63 bits per heavy atom. The van der Waals surface area contributed by atoms with Gasteiger partial charge in [-0.1, -0.05) is 36.8 Å². The fourth-order valence-corrected chi connectivity index (χ4v) is 5.89. The number of sulfonamides is 1. The predicted octanol–water partition coefficient (Wildman–Crippen LogP) is 4.29. The average Bonchev–Trinajstić information content (AvgIpc) is 2.96. The third-order valence-corrected chi connectivity index (χ3v) is 8.28. The number of amides is 2. The van der Waals surface area contributed by atoms with Gasteiger partial charge in [-0.15, -0.1) is 0 Å². The maximum Gasteiger partial charge on any atom is 0.264 e. The highest BCUT2D eigenvalue weighted by Gasteiger charge is 2.34. The Kier molecular flexibility index (Phi) is 10.7. The molecule has 0 saturated heterocycles. The van der Waals surface area contributed by atoms with E-state index in [4.69, 9.17) is 9.47 Å². The highest BCUT2D eigenvalue weighted by atomic mass is 32.2. The van der Waals surface area contributed by atoms with Crippen molar-refractivity contribution in [2.45, 2.75) is 44.7 Å². The highest BCUT2D eigenvalue weighted by Crippen LogP contribution is 2.32. The Bertz CT molecular complexity index is 1460. The molecule has 41 heavy (non-hydrogen) atoms. The van der Waals surface area contributed by atoms with Crippen molar-refractivity contribution in [3.63, 3.8) is 0 Å². The van der Waals surface area contributed by atoms with Gasteiger partial charge in [0.2, 0.25) is 11.8 Å². The van der Waals surface area contributed by atoms with E-state index in [0.717, 1.165) is 27.6 Å². The number of anilines is 1. The molecule has 0 aliphatic heterocycles. The first-order valence-corrected chi connectivity index (χ1v) is 14.6.